The average Bonchev–Trinajstić information content (AvgIpc) is 3.04. The normalized spacial score (nSPS) is 17.5. The van der Waals surface area contributed by atoms with E-state index >= 15 is 0 Å². The zero-order valence-electron chi connectivity index (χ0n) is 12.2. The standard InChI is InChI=1S/C16H18N4O2/c17-10-13-4-2-8-20(13)16(21)12-3-1-5-14(9-12)22-15-11-18-6-7-19-15/h1,3,5-7,9,11,13H,2,4,8,10,17H2. The van der Waals surface area contributed by atoms with Crippen molar-refractivity contribution in [2.75, 3.05) is 13.1 Å². The summed E-state index contributed by atoms with van der Waals surface area (Å²) >= 11 is 0. The first-order chi connectivity index (χ1) is 10.8. The highest BCUT2D eigenvalue weighted by molar-refractivity contribution is 5.95. The number of nitrogens with two attached hydrogens (primary N) is 1. The smallest absolute Gasteiger partial charge is 0.254 e. The zero-order chi connectivity index (χ0) is 15.4. The van der Waals surface area contributed by atoms with Gasteiger partial charge < -0.3 is 15.4 Å². The number of ether oxygens (including phenoxy) is 1. The van der Waals surface area contributed by atoms with Crippen molar-refractivity contribution in [2.24, 2.45) is 5.73 Å². The Hall–Kier alpha value is -2.47. The van der Waals surface area contributed by atoms with E-state index in [9.17, 15) is 4.79 Å². The topological polar surface area (TPSA) is 81.3 Å². The maximum Gasteiger partial charge on any atom is 0.254 e. The van der Waals surface area contributed by atoms with E-state index in [0.717, 1.165) is 19.4 Å². The number of rotatable bonds is 4. The van der Waals surface area contributed by atoms with Gasteiger partial charge in [0.15, 0.2) is 0 Å². The van der Waals surface area contributed by atoms with Crippen molar-refractivity contribution in [3.05, 3.63) is 48.4 Å². The van der Waals surface area contributed by atoms with Crippen LogP contribution < -0.4 is 10.5 Å². The lowest BCUT2D eigenvalue weighted by Crippen LogP contribution is -2.39. The van der Waals surface area contributed by atoms with Gasteiger partial charge in [-0.25, -0.2) is 4.98 Å². The number of carbonyl (C=O) groups excluding carboxylic acids is 1. The molecule has 22 heavy (non-hydrogen) atoms. The number of hydrogen-bond donors (Lipinski definition) is 1. The summed E-state index contributed by atoms with van der Waals surface area (Å²) in [4.78, 5) is 22.5. The first-order valence-corrected chi connectivity index (χ1v) is 7.33. The van der Waals surface area contributed by atoms with Crippen LogP contribution in [0.25, 0.3) is 0 Å². The molecule has 1 fully saturated rings. The maximum absolute atomic E-state index is 12.6. The minimum Gasteiger partial charge on any atom is -0.437 e. The number of amides is 1. The summed E-state index contributed by atoms with van der Waals surface area (Å²) < 4.78 is 5.62. The Balaban J connectivity index is 1.77. The SMILES string of the molecule is NCC1CCCN1C(=O)c1cccc(Oc2cnccn2)c1. The highest BCUT2D eigenvalue weighted by Crippen LogP contribution is 2.23. The van der Waals surface area contributed by atoms with Gasteiger partial charge in [-0.2, -0.15) is 0 Å². The summed E-state index contributed by atoms with van der Waals surface area (Å²) in [6, 6.07) is 7.24. The number of benzene rings is 1. The van der Waals surface area contributed by atoms with Crippen LogP contribution in [0.4, 0.5) is 0 Å². The average molecular weight is 298 g/mol. The van der Waals surface area contributed by atoms with Crippen molar-refractivity contribution in [1.29, 1.82) is 0 Å². The van der Waals surface area contributed by atoms with Crippen LogP contribution in [-0.2, 0) is 0 Å². The van der Waals surface area contributed by atoms with Crippen LogP contribution in [0, 0.1) is 0 Å². The molecule has 0 radical (unpaired) electrons. The third kappa shape index (κ3) is 3.07. The predicted octanol–water partition coefficient (Wildman–Crippen LogP) is 1.83. The first kappa shape index (κ1) is 14.5. The van der Waals surface area contributed by atoms with Crippen molar-refractivity contribution in [2.45, 2.75) is 18.9 Å². The van der Waals surface area contributed by atoms with E-state index in [2.05, 4.69) is 9.97 Å². The van der Waals surface area contributed by atoms with Crippen LogP contribution >= 0.6 is 0 Å². The maximum atomic E-state index is 12.6. The van der Waals surface area contributed by atoms with Gasteiger partial charge in [-0.15, -0.1) is 0 Å². The predicted molar refractivity (Wildman–Crippen MR) is 81.7 cm³/mol. The van der Waals surface area contributed by atoms with Crippen LogP contribution in [0.2, 0.25) is 0 Å². The third-order valence-electron chi connectivity index (χ3n) is 3.75. The van der Waals surface area contributed by atoms with Gasteiger partial charge in [0, 0.05) is 37.1 Å². The van der Waals surface area contributed by atoms with E-state index < -0.39 is 0 Å². The molecular weight excluding hydrogens is 280 g/mol. The summed E-state index contributed by atoms with van der Waals surface area (Å²) in [5.74, 6) is 0.959. The fourth-order valence-electron chi connectivity index (χ4n) is 2.67. The molecule has 1 aliphatic rings. The molecule has 0 saturated carbocycles. The molecule has 1 atom stereocenters. The quantitative estimate of drug-likeness (QED) is 0.931. The Bertz CT molecular complexity index is 648. The van der Waals surface area contributed by atoms with Crippen molar-refractivity contribution in [3.8, 4) is 11.6 Å². The van der Waals surface area contributed by atoms with E-state index in [1.807, 2.05) is 4.90 Å². The second kappa shape index (κ2) is 6.53. The molecule has 1 aliphatic heterocycles. The van der Waals surface area contributed by atoms with Crippen LogP contribution in [0.15, 0.2) is 42.9 Å². The Labute approximate surface area is 128 Å². The first-order valence-electron chi connectivity index (χ1n) is 7.33. The van der Waals surface area contributed by atoms with E-state index in [1.165, 1.54) is 6.20 Å². The lowest BCUT2D eigenvalue weighted by molar-refractivity contribution is 0.0741. The van der Waals surface area contributed by atoms with Gasteiger partial charge in [0.1, 0.15) is 5.75 Å². The molecule has 3 rings (SSSR count). The lowest BCUT2D eigenvalue weighted by atomic mass is 10.1. The molecule has 1 saturated heterocycles. The molecule has 0 spiro atoms. The van der Waals surface area contributed by atoms with Gasteiger partial charge in [-0.1, -0.05) is 6.07 Å². The molecule has 1 unspecified atom stereocenters. The monoisotopic (exact) mass is 298 g/mol. The van der Waals surface area contributed by atoms with Crippen LogP contribution in [-0.4, -0.2) is 39.9 Å². The van der Waals surface area contributed by atoms with Crippen molar-refractivity contribution in [3.63, 3.8) is 0 Å². The summed E-state index contributed by atoms with van der Waals surface area (Å²) in [6.45, 7) is 1.26. The highest BCUT2D eigenvalue weighted by atomic mass is 16.5. The molecule has 2 aromatic rings. The van der Waals surface area contributed by atoms with Crippen LogP contribution in [0.5, 0.6) is 11.6 Å². The summed E-state index contributed by atoms with van der Waals surface area (Å²) in [6.07, 6.45) is 6.63. The van der Waals surface area contributed by atoms with Gasteiger partial charge in [0.2, 0.25) is 5.88 Å². The van der Waals surface area contributed by atoms with Gasteiger partial charge in [-0.3, -0.25) is 9.78 Å². The molecule has 0 bridgehead atoms. The van der Waals surface area contributed by atoms with Gasteiger partial charge in [0.05, 0.1) is 6.20 Å². The molecule has 2 heterocycles. The molecule has 114 valence electrons. The van der Waals surface area contributed by atoms with Crippen molar-refractivity contribution in [1.82, 2.24) is 14.9 Å². The van der Waals surface area contributed by atoms with E-state index in [4.69, 9.17) is 10.5 Å². The minimum absolute atomic E-state index is 0.00227. The molecular formula is C16H18N4O2. The van der Waals surface area contributed by atoms with Gasteiger partial charge in [-0.05, 0) is 31.0 Å². The largest absolute Gasteiger partial charge is 0.437 e. The molecule has 6 nitrogen and oxygen atoms in total. The van der Waals surface area contributed by atoms with Crippen molar-refractivity contribution >= 4 is 5.91 Å². The molecule has 1 amide bonds. The Morgan fingerprint density at radius 2 is 2.32 bits per heavy atom. The van der Waals surface area contributed by atoms with Gasteiger partial charge >= 0.3 is 0 Å². The van der Waals surface area contributed by atoms with Crippen LogP contribution in [0.3, 0.4) is 0 Å². The number of carbonyl (C=O) groups is 1. The fraction of sp³-hybridized carbons (Fsp3) is 0.312. The van der Waals surface area contributed by atoms with Crippen LogP contribution in [0.1, 0.15) is 23.2 Å². The summed E-state index contributed by atoms with van der Waals surface area (Å²) in [5.41, 5.74) is 6.34. The second-order valence-corrected chi connectivity index (χ2v) is 5.20. The molecule has 6 heteroatoms. The molecule has 1 aromatic carbocycles. The van der Waals surface area contributed by atoms with Crippen molar-refractivity contribution < 1.29 is 9.53 Å². The van der Waals surface area contributed by atoms with E-state index in [0.29, 0.717) is 23.7 Å². The Kier molecular flexibility index (Phi) is 4.29. The van der Waals surface area contributed by atoms with E-state index in [1.54, 1.807) is 36.7 Å². The zero-order valence-corrected chi connectivity index (χ0v) is 12.2. The minimum atomic E-state index is -0.00227. The highest BCUT2D eigenvalue weighted by Gasteiger charge is 2.28. The number of aromatic nitrogens is 2. The summed E-state index contributed by atoms with van der Waals surface area (Å²) in [7, 11) is 0. The lowest BCUT2D eigenvalue weighted by Gasteiger charge is -2.23. The van der Waals surface area contributed by atoms with E-state index in [-0.39, 0.29) is 11.9 Å². The number of likely N-dealkylation sites (tertiary alicyclic amines) is 1. The fourth-order valence-corrected chi connectivity index (χ4v) is 2.67. The number of hydrogen-bond acceptors (Lipinski definition) is 5. The molecule has 0 aliphatic carbocycles. The molecule has 1 aromatic heterocycles. The third-order valence-corrected chi connectivity index (χ3v) is 3.75. The number of nitrogens with zero attached hydrogens (tertiary/aromatic N) is 3. The van der Waals surface area contributed by atoms with Gasteiger partial charge in [0.25, 0.3) is 5.91 Å². The Morgan fingerprint density at radius 3 is 3.09 bits per heavy atom. The molecule has 2 N–H and O–H groups in total. The summed E-state index contributed by atoms with van der Waals surface area (Å²) in [5, 5.41) is 0. The second-order valence-electron chi connectivity index (χ2n) is 5.20. The Morgan fingerprint density at radius 1 is 1.41 bits per heavy atom.